The number of piperidine rings is 1. The first-order chi connectivity index (χ1) is 11.9. The third-order valence-corrected chi connectivity index (χ3v) is 7.38. The van der Waals surface area contributed by atoms with Gasteiger partial charge in [0.15, 0.2) is 0 Å². The van der Waals surface area contributed by atoms with Crippen LogP contribution < -0.4 is 5.32 Å². The van der Waals surface area contributed by atoms with Crippen LogP contribution in [0, 0.1) is 23.7 Å². The van der Waals surface area contributed by atoms with Crippen molar-refractivity contribution in [1.82, 2.24) is 15.1 Å². The summed E-state index contributed by atoms with van der Waals surface area (Å²) in [6.45, 7) is 17.8. The summed E-state index contributed by atoms with van der Waals surface area (Å²) < 4.78 is 0. The van der Waals surface area contributed by atoms with Gasteiger partial charge >= 0.3 is 0 Å². The van der Waals surface area contributed by atoms with Crippen molar-refractivity contribution in [3.05, 3.63) is 0 Å². The second kappa shape index (κ2) is 7.84. The standard InChI is InChI=1S/C21H41N3O/c1-6-23-12-18-19(13-23)21(14-25,11-15(2)3)22-20(18)17-7-9-24(10-8-17)16(4)5/h15-20,22,25H,6-14H2,1-5H3/t18-,19+,20-,21+/m1/s1. The fourth-order valence-corrected chi connectivity index (χ4v) is 6.09. The van der Waals surface area contributed by atoms with Crippen LogP contribution >= 0.6 is 0 Å². The molecule has 0 radical (unpaired) electrons. The summed E-state index contributed by atoms with van der Waals surface area (Å²) >= 11 is 0. The molecule has 3 rings (SSSR count). The molecule has 3 fully saturated rings. The van der Waals surface area contributed by atoms with Crippen molar-refractivity contribution in [3.8, 4) is 0 Å². The Hall–Kier alpha value is -0.160. The zero-order valence-electron chi connectivity index (χ0n) is 17.2. The number of fused-ring (bicyclic) bond motifs is 1. The molecule has 0 aromatic carbocycles. The third kappa shape index (κ3) is 3.78. The Morgan fingerprint density at radius 1 is 1.12 bits per heavy atom. The molecule has 0 aromatic heterocycles. The normalized spacial score (nSPS) is 38.2. The Morgan fingerprint density at radius 3 is 2.32 bits per heavy atom. The van der Waals surface area contributed by atoms with Gasteiger partial charge in [-0.25, -0.2) is 0 Å². The van der Waals surface area contributed by atoms with Crippen LogP contribution in [0.1, 0.15) is 53.9 Å². The molecule has 0 saturated carbocycles. The van der Waals surface area contributed by atoms with Gasteiger partial charge in [-0.05, 0) is 76.4 Å². The minimum absolute atomic E-state index is 0.0530. The maximum Gasteiger partial charge on any atom is 0.0616 e. The molecule has 2 N–H and O–H groups in total. The number of hydrogen-bond acceptors (Lipinski definition) is 4. The average molecular weight is 352 g/mol. The highest BCUT2D eigenvalue weighted by molar-refractivity contribution is 5.13. The van der Waals surface area contributed by atoms with Gasteiger partial charge in [0.2, 0.25) is 0 Å². The van der Waals surface area contributed by atoms with Gasteiger partial charge in [-0.15, -0.1) is 0 Å². The molecule has 0 aromatic rings. The third-order valence-electron chi connectivity index (χ3n) is 7.38. The largest absolute Gasteiger partial charge is 0.394 e. The van der Waals surface area contributed by atoms with Crippen LogP contribution in [0.3, 0.4) is 0 Å². The number of rotatable bonds is 6. The van der Waals surface area contributed by atoms with Crippen molar-refractivity contribution in [2.75, 3.05) is 39.3 Å². The van der Waals surface area contributed by atoms with Crippen molar-refractivity contribution in [3.63, 3.8) is 0 Å². The van der Waals surface area contributed by atoms with E-state index in [0.29, 0.717) is 30.5 Å². The van der Waals surface area contributed by atoms with Crippen molar-refractivity contribution in [1.29, 1.82) is 0 Å². The summed E-state index contributed by atoms with van der Waals surface area (Å²) in [6, 6.07) is 1.27. The van der Waals surface area contributed by atoms with Gasteiger partial charge in [-0.3, -0.25) is 0 Å². The van der Waals surface area contributed by atoms with Crippen LogP contribution in [0.5, 0.6) is 0 Å². The van der Waals surface area contributed by atoms with Crippen LogP contribution in [-0.2, 0) is 0 Å². The molecule has 4 atom stereocenters. The maximum absolute atomic E-state index is 10.4. The number of likely N-dealkylation sites (tertiary alicyclic amines) is 2. The lowest BCUT2D eigenvalue weighted by Gasteiger charge is -2.40. The maximum atomic E-state index is 10.4. The summed E-state index contributed by atoms with van der Waals surface area (Å²) in [5.74, 6) is 2.74. The van der Waals surface area contributed by atoms with Crippen LogP contribution in [-0.4, -0.2) is 71.9 Å². The Bertz CT molecular complexity index is 433. The smallest absolute Gasteiger partial charge is 0.0616 e. The summed E-state index contributed by atoms with van der Waals surface area (Å²) in [4.78, 5) is 5.25. The van der Waals surface area contributed by atoms with Gasteiger partial charge < -0.3 is 20.2 Å². The van der Waals surface area contributed by atoms with Crippen LogP contribution in [0.25, 0.3) is 0 Å². The van der Waals surface area contributed by atoms with E-state index in [1.165, 1.54) is 39.0 Å². The first-order valence-corrected chi connectivity index (χ1v) is 10.7. The van der Waals surface area contributed by atoms with E-state index < -0.39 is 0 Å². The van der Waals surface area contributed by atoms with Gasteiger partial charge in [0, 0.05) is 30.7 Å². The van der Waals surface area contributed by atoms with Gasteiger partial charge in [-0.2, -0.15) is 0 Å². The lowest BCUT2D eigenvalue weighted by Crippen LogP contribution is -2.55. The lowest BCUT2D eigenvalue weighted by atomic mass is 9.75. The van der Waals surface area contributed by atoms with Crippen LogP contribution in [0.4, 0.5) is 0 Å². The predicted octanol–water partition coefficient (Wildman–Crippen LogP) is 2.42. The molecule has 0 spiro atoms. The van der Waals surface area contributed by atoms with Crippen molar-refractivity contribution >= 4 is 0 Å². The summed E-state index contributed by atoms with van der Waals surface area (Å²) in [5, 5.41) is 14.5. The molecule has 0 unspecified atom stereocenters. The van der Waals surface area contributed by atoms with E-state index in [4.69, 9.17) is 0 Å². The van der Waals surface area contributed by atoms with E-state index in [1.54, 1.807) is 0 Å². The van der Waals surface area contributed by atoms with Gasteiger partial charge in [0.05, 0.1) is 6.61 Å². The second-order valence-electron chi connectivity index (χ2n) is 9.67. The van der Waals surface area contributed by atoms with E-state index in [1.807, 2.05) is 0 Å². The highest BCUT2D eigenvalue weighted by Crippen LogP contribution is 2.47. The molecule has 4 nitrogen and oxygen atoms in total. The van der Waals surface area contributed by atoms with Gasteiger partial charge in [0.1, 0.15) is 0 Å². The molecule has 3 aliphatic heterocycles. The molecule has 0 amide bonds. The lowest BCUT2D eigenvalue weighted by molar-refractivity contribution is 0.0947. The number of nitrogens with zero attached hydrogens (tertiary/aromatic N) is 2. The van der Waals surface area contributed by atoms with Crippen molar-refractivity contribution in [2.45, 2.75) is 71.5 Å². The minimum Gasteiger partial charge on any atom is -0.394 e. The summed E-state index contributed by atoms with van der Waals surface area (Å²) in [7, 11) is 0. The molecule has 0 aliphatic carbocycles. The Balaban J connectivity index is 1.76. The quantitative estimate of drug-likeness (QED) is 0.771. The Kier molecular flexibility index (Phi) is 6.14. The van der Waals surface area contributed by atoms with E-state index >= 15 is 0 Å². The second-order valence-corrected chi connectivity index (χ2v) is 9.67. The summed E-state index contributed by atoms with van der Waals surface area (Å²) in [5.41, 5.74) is -0.0530. The van der Waals surface area contributed by atoms with Gasteiger partial charge in [0.25, 0.3) is 0 Å². The Morgan fingerprint density at radius 2 is 1.80 bits per heavy atom. The molecule has 3 heterocycles. The van der Waals surface area contributed by atoms with Crippen molar-refractivity contribution in [2.24, 2.45) is 23.7 Å². The highest BCUT2D eigenvalue weighted by Gasteiger charge is 2.57. The van der Waals surface area contributed by atoms with E-state index in [2.05, 4.69) is 49.7 Å². The van der Waals surface area contributed by atoms with E-state index in [0.717, 1.165) is 24.8 Å². The van der Waals surface area contributed by atoms with E-state index in [9.17, 15) is 5.11 Å². The zero-order valence-corrected chi connectivity index (χ0v) is 17.2. The molecule has 25 heavy (non-hydrogen) atoms. The molecular weight excluding hydrogens is 310 g/mol. The number of hydrogen-bond donors (Lipinski definition) is 2. The van der Waals surface area contributed by atoms with E-state index in [-0.39, 0.29) is 5.54 Å². The fraction of sp³-hybridized carbons (Fsp3) is 1.00. The predicted molar refractivity (Wildman–Crippen MR) is 105 cm³/mol. The van der Waals surface area contributed by atoms with Gasteiger partial charge in [-0.1, -0.05) is 20.8 Å². The Labute approximate surface area is 155 Å². The first kappa shape index (κ1) is 19.6. The highest BCUT2D eigenvalue weighted by atomic mass is 16.3. The molecule has 3 aliphatic rings. The number of aliphatic hydroxyl groups excluding tert-OH is 1. The number of aliphatic hydroxyl groups is 1. The SMILES string of the molecule is CCN1C[C@H]2[C@@H](C3CCN(C(C)C)CC3)N[C@](CO)(CC(C)C)[C@H]2C1. The van der Waals surface area contributed by atoms with Crippen LogP contribution in [0.15, 0.2) is 0 Å². The minimum atomic E-state index is -0.0530. The topological polar surface area (TPSA) is 38.7 Å². The molecule has 3 saturated heterocycles. The van der Waals surface area contributed by atoms with Crippen molar-refractivity contribution < 1.29 is 5.11 Å². The average Bonchev–Trinajstić information content (AvgIpc) is 3.13. The zero-order chi connectivity index (χ0) is 18.2. The molecular formula is C21H41N3O. The molecule has 4 heteroatoms. The molecule has 146 valence electrons. The first-order valence-electron chi connectivity index (χ1n) is 10.7. The molecule has 0 bridgehead atoms. The fourth-order valence-electron chi connectivity index (χ4n) is 6.09. The number of nitrogens with one attached hydrogen (secondary N) is 1. The monoisotopic (exact) mass is 351 g/mol. The van der Waals surface area contributed by atoms with Crippen LogP contribution in [0.2, 0.25) is 0 Å². The summed E-state index contributed by atoms with van der Waals surface area (Å²) in [6.07, 6.45) is 3.73.